The average Bonchev–Trinajstić information content (AvgIpc) is 3.23. The second kappa shape index (κ2) is 11.6. The second-order valence-corrected chi connectivity index (χ2v) is 8.06. The van der Waals surface area contributed by atoms with Gasteiger partial charge in [0.1, 0.15) is 5.84 Å². The highest BCUT2D eigenvalue weighted by Crippen LogP contribution is 2.36. The SMILES string of the molecule is CN=C(NCCCNC)c1ccccc1N=CCN(C)C1CCC2(CC1)OCCO2. The fourth-order valence-corrected chi connectivity index (χ4v) is 4.24. The van der Waals surface area contributed by atoms with Crippen LogP contribution in [0.4, 0.5) is 5.69 Å². The fourth-order valence-electron chi connectivity index (χ4n) is 4.24. The standard InChI is InChI=1S/C23H37N5O2/c1-24-13-6-14-27-22(25-2)20-7-4-5-8-21(20)26-15-16-28(3)19-9-11-23(12-10-19)29-17-18-30-23/h4-5,7-8,15,19,24H,6,9-14,16-18H2,1-3H3,(H,25,27). The van der Waals surface area contributed by atoms with E-state index in [4.69, 9.17) is 14.5 Å². The normalized spacial score (nSPS) is 19.9. The molecule has 2 fully saturated rings. The largest absolute Gasteiger partial charge is 0.370 e. The molecular weight excluding hydrogens is 378 g/mol. The molecule has 7 heteroatoms. The number of amidine groups is 1. The van der Waals surface area contributed by atoms with Crippen molar-refractivity contribution in [2.75, 3.05) is 54.0 Å². The van der Waals surface area contributed by atoms with Crippen molar-refractivity contribution in [3.8, 4) is 0 Å². The van der Waals surface area contributed by atoms with E-state index in [2.05, 4.69) is 33.6 Å². The van der Waals surface area contributed by atoms with Crippen LogP contribution in [0, 0.1) is 0 Å². The highest BCUT2D eigenvalue weighted by Gasteiger charge is 2.40. The van der Waals surface area contributed by atoms with Gasteiger partial charge in [0.25, 0.3) is 0 Å². The van der Waals surface area contributed by atoms with E-state index >= 15 is 0 Å². The van der Waals surface area contributed by atoms with Gasteiger partial charge < -0.3 is 20.1 Å². The van der Waals surface area contributed by atoms with Crippen molar-refractivity contribution < 1.29 is 9.47 Å². The molecule has 2 aliphatic rings. The molecule has 1 aliphatic carbocycles. The van der Waals surface area contributed by atoms with E-state index in [-0.39, 0.29) is 5.79 Å². The van der Waals surface area contributed by atoms with E-state index in [0.717, 1.165) is 82.0 Å². The molecule has 1 aliphatic heterocycles. The lowest BCUT2D eigenvalue weighted by Crippen LogP contribution is -2.43. The molecule has 3 rings (SSSR count). The molecule has 166 valence electrons. The number of nitrogens with zero attached hydrogens (tertiary/aromatic N) is 3. The first-order valence-electron chi connectivity index (χ1n) is 11.1. The van der Waals surface area contributed by atoms with Crippen LogP contribution in [0.25, 0.3) is 0 Å². The van der Waals surface area contributed by atoms with E-state index in [1.54, 1.807) is 0 Å². The summed E-state index contributed by atoms with van der Waals surface area (Å²) < 4.78 is 11.7. The van der Waals surface area contributed by atoms with Crippen LogP contribution in [0.3, 0.4) is 0 Å². The maximum absolute atomic E-state index is 5.85. The first-order chi connectivity index (χ1) is 14.7. The van der Waals surface area contributed by atoms with E-state index in [9.17, 15) is 0 Å². The fraction of sp³-hybridized carbons (Fsp3) is 0.652. The Bertz CT molecular complexity index is 705. The Labute approximate surface area is 181 Å². The van der Waals surface area contributed by atoms with Crippen LogP contribution >= 0.6 is 0 Å². The maximum atomic E-state index is 5.85. The summed E-state index contributed by atoms with van der Waals surface area (Å²) in [5, 5.41) is 6.61. The van der Waals surface area contributed by atoms with E-state index in [1.807, 2.05) is 38.5 Å². The van der Waals surface area contributed by atoms with Crippen molar-refractivity contribution in [3.05, 3.63) is 29.8 Å². The Hall–Kier alpha value is -1.80. The average molecular weight is 416 g/mol. The van der Waals surface area contributed by atoms with Gasteiger partial charge >= 0.3 is 0 Å². The van der Waals surface area contributed by atoms with Gasteiger partial charge in [0.05, 0.1) is 18.9 Å². The first kappa shape index (κ1) is 22.9. The van der Waals surface area contributed by atoms with Gasteiger partial charge in [0.2, 0.25) is 0 Å². The molecule has 30 heavy (non-hydrogen) atoms. The summed E-state index contributed by atoms with van der Waals surface area (Å²) in [7, 11) is 5.97. The molecule has 0 unspecified atom stereocenters. The molecule has 1 saturated carbocycles. The summed E-state index contributed by atoms with van der Waals surface area (Å²) in [5.74, 6) is 0.599. The monoisotopic (exact) mass is 415 g/mol. The third kappa shape index (κ3) is 6.11. The summed E-state index contributed by atoms with van der Waals surface area (Å²) in [4.78, 5) is 11.6. The van der Waals surface area contributed by atoms with Gasteiger partial charge in [-0.1, -0.05) is 12.1 Å². The Morgan fingerprint density at radius 3 is 2.63 bits per heavy atom. The number of rotatable bonds is 9. The first-order valence-corrected chi connectivity index (χ1v) is 11.1. The van der Waals surface area contributed by atoms with Gasteiger partial charge in [-0.05, 0) is 52.0 Å². The number of ether oxygens (including phenoxy) is 2. The highest BCUT2D eigenvalue weighted by atomic mass is 16.7. The Kier molecular flexibility index (Phi) is 8.81. The molecule has 1 saturated heterocycles. The van der Waals surface area contributed by atoms with Crippen molar-refractivity contribution in [1.82, 2.24) is 15.5 Å². The molecular formula is C23H37N5O2. The lowest BCUT2D eigenvalue weighted by molar-refractivity contribution is -0.183. The van der Waals surface area contributed by atoms with Gasteiger partial charge in [-0.3, -0.25) is 14.9 Å². The number of para-hydroxylation sites is 1. The van der Waals surface area contributed by atoms with Crippen molar-refractivity contribution in [2.24, 2.45) is 9.98 Å². The minimum Gasteiger partial charge on any atom is -0.370 e. The third-order valence-electron chi connectivity index (χ3n) is 6.03. The lowest BCUT2D eigenvalue weighted by Gasteiger charge is -2.38. The van der Waals surface area contributed by atoms with Crippen LogP contribution in [-0.2, 0) is 9.47 Å². The third-order valence-corrected chi connectivity index (χ3v) is 6.03. The minimum atomic E-state index is -0.291. The summed E-state index contributed by atoms with van der Waals surface area (Å²) in [5.41, 5.74) is 1.99. The van der Waals surface area contributed by atoms with Crippen LogP contribution in [0.5, 0.6) is 0 Å². The smallest absolute Gasteiger partial charge is 0.168 e. The van der Waals surface area contributed by atoms with Gasteiger partial charge in [-0.25, -0.2) is 0 Å². The summed E-state index contributed by atoms with van der Waals surface area (Å²) in [6.45, 7) is 4.16. The number of hydrogen-bond acceptors (Lipinski definition) is 6. The lowest BCUT2D eigenvalue weighted by atomic mass is 9.89. The summed E-state index contributed by atoms with van der Waals surface area (Å²) in [6.07, 6.45) is 7.23. The van der Waals surface area contributed by atoms with E-state index in [1.165, 1.54) is 0 Å². The Morgan fingerprint density at radius 2 is 1.93 bits per heavy atom. The van der Waals surface area contributed by atoms with E-state index in [0.29, 0.717) is 6.04 Å². The molecule has 0 bridgehead atoms. The maximum Gasteiger partial charge on any atom is 0.168 e. The molecule has 2 N–H and O–H groups in total. The van der Waals surface area contributed by atoms with Crippen molar-refractivity contribution >= 4 is 17.7 Å². The van der Waals surface area contributed by atoms with Crippen LogP contribution in [0.15, 0.2) is 34.3 Å². The number of aliphatic imine (C=N–C) groups is 2. The second-order valence-electron chi connectivity index (χ2n) is 8.06. The Balaban J connectivity index is 1.53. The molecule has 1 aromatic rings. The molecule has 1 spiro atoms. The molecule has 1 heterocycles. The predicted molar refractivity (Wildman–Crippen MR) is 123 cm³/mol. The molecule has 0 aromatic heterocycles. The number of nitrogens with one attached hydrogen (secondary N) is 2. The van der Waals surface area contributed by atoms with Crippen molar-refractivity contribution in [3.63, 3.8) is 0 Å². The predicted octanol–water partition coefficient (Wildman–Crippen LogP) is 2.58. The summed E-state index contributed by atoms with van der Waals surface area (Å²) in [6, 6.07) is 8.73. The van der Waals surface area contributed by atoms with Crippen LogP contribution < -0.4 is 10.6 Å². The molecule has 0 atom stereocenters. The van der Waals surface area contributed by atoms with Gasteiger partial charge in [-0.15, -0.1) is 0 Å². The zero-order chi connectivity index (χ0) is 21.2. The quantitative estimate of drug-likeness (QED) is 0.369. The molecule has 0 radical (unpaired) electrons. The van der Waals surface area contributed by atoms with Crippen molar-refractivity contribution in [2.45, 2.75) is 43.9 Å². The van der Waals surface area contributed by atoms with Gasteiger partial charge in [0, 0.05) is 50.8 Å². The molecule has 7 nitrogen and oxygen atoms in total. The highest BCUT2D eigenvalue weighted by molar-refractivity contribution is 6.03. The van der Waals surface area contributed by atoms with Crippen LogP contribution in [0.1, 0.15) is 37.7 Å². The van der Waals surface area contributed by atoms with Crippen LogP contribution in [0.2, 0.25) is 0 Å². The summed E-state index contributed by atoms with van der Waals surface area (Å²) >= 11 is 0. The number of hydrogen-bond donors (Lipinski definition) is 2. The van der Waals surface area contributed by atoms with Crippen LogP contribution in [-0.4, -0.2) is 82.8 Å². The topological polar surface area (TPSA) is 70.5 Å². The number of benzene rings is 1. The minimum absolute atomic E-state index is 0.291. The van der Waals surface area contributed by atoms with E-state index < -0.39 is 0 Å². The zero-order valence-corrected chi connectivity index (χ0v) is 18.7. The van der Waals surface area contributed by atoms with Gasteiger partial charge in [0.15, 0.2) is 5.79 Å². The van der Waals surface area contributed by atoms with Crippen molar-refractivity contribution in [1.29, 1.82) is 0 Å². The molecule has 0 amide bonds. The Morgan fingerprint density at radius 1 is 1.20 bits per heavy atom. The van der Waals surface area contributed by atoms with Gasteiger partial charge in [-0.2, -0.15) is 0 Å². The molecule has 1 aromatic carbocycles. The zero-order valence-electron chi connectivity index (χ0n) is 18.7.